The van der Waals surface area contributed by atoms with Crippen molar-refractivity contribution in [1.82, 2.24) is 4.98 Å². The summed E-state index contributed by atoms with van der Waals surface area (Å²) in [6, 6.07) is 4.34. The van der Waals surface area contributed by atoms with E-state index in [0.29, 0.717) is 12.5 Å². The molecule has 1 heterocycles. The van der Waals surface area contributed by atoms with E-state index in [-0.39, 0.29) is 26.1 Å². The third-order valence-electron chi connectivity index (χ3n) is 4.26. The second-order valence-electron chi connectivity index (χ2n) is 7.13. The maximum absolute atomic E-state index is 13.5. The Balaban J connectivity index is 3.27. The highest BCUT2D eigenvalue weighted by Crippen LogP contribution is 2.39. The van der Waals surface area contributed by atoms with E-state index in [2.05, 4.69) is 4.98 Å². The van der Waals surface area contributed by atoms with Crippen LogP contribution in [0.2, 0.25) is 0 Å². The maximum Gasteiger partial charge on any atom is 0.340 e. The molecule has 0 aliphatic rings. The normalized spacial score (nSPS) is 12.0. The Morgan fingerprint density at radius 3 is 1.91 bits per heavy atom. The number of ether oxygens (including phenoxy) is 1. The van der Waals surface area contributed by atoms with Crippen molar-refractivity contribution < 1.29 is 40.7 Å². The van der Waals surface area contributed by atoms with Gasteiger partial charge >= 0.3 is 11.9 Å². The minimum absolute atomic E-state index is 0.0108. The molecule has 0 fully saturated rings. The number of esters is 1. The summed E-state index contributed by atoms with van der Waals surface area (Å²) in [5.74, 6) is -4.91. The summed E-state index contributed by atoms with van der Waals surface area (Å²) in [6.45, 7) is 3.16. The highest BCUT2D eigenvalue weighted by atomic mass is 32.3. The van der Waals surface area contributed by atoms with E-state index in [9.17, 15) is 35.9 Å². The number of hydrogen-bond donors (Lipinski definition) is 1. The number of aromatic nitrogens is 1. The fraction of sp³-hybridized carbons (Fsp3) is 0.316. The summed E-state index contributed by atoms with van der Waals surface area (Å²) in [6.07, 6.45) is 1.14. The van der Waals surface area contributed by atoms with Crippen molar-refractivity contribution in [3.63, 3.8) is 0 Å². The Morgan fingerprint density at radius 2 is 1.53 bits per heavy atom. The van der Waals surface area contributed by atoms with Crippen molar-refractivity contribution in [2.75, 3.05) is 23.3 Å². The van der Waals surface area contributed by atoms with Gasteiger partial charge in [-0.1, -0.05) is 26.0 Å². The van der Waals surface area contributed by atoms with E-state index in [0.717, 1.165) is 19.2 Å². The van der Waals surface area contributed by atoms with Gasteiger partial charge in [0, 0.05) is 5.56 Å². The first-order valence-corrected chi connectivity index (χ1v) is 12.7. The highest BCUT2D eigenvalue weighted by molar-refractivity contribution is 8.09. The number of hydrogen-bond acceptors (Lipinski definition) is 8. The van der Waals surface area contributed by atoms with E-state index in [1.807, 2.05) is 0 Å². The third-order valence-corrected chi connectivity index (χ3v) is 7.44. The van der Waals surface area contributed by atoms with Crippen molar-refractivity contribution in [3.8, 4) is 11.1 Å². The molecule has 1 aromatic heterocycles. The Bertz CT molecular complexity index is 1260. The van der Waals surface area contributed by atoms with Gasteiger partial charge < -0.3 is 9.84 Å². The van der Waals surface area contributed by atoms with E-state index in [1.165, 1.54) is 12.1 Å². The number of pyridine rings is 1. The van der Waals surface area contributed by atoms with Crippen LogP contribution in [0.15, 0.2) is 24.3 Å². The number of aromatic carboxylic acids is 1. The fourth-order valence-electron chi connectivity index (χ4n) is 3.12. The largest absolute Gasteiger partial charge is 0.478 e. The summed E-state index contributed by atoms with van der Waals surface area (Å²) >= 11 is 0. The summed E-state index contributed by atoms with van der Waals surface area (Å²) in [5, 5.41) is 9.97. The van der Waals surface area contributed by atoms with Crippen LogP contribution in [0.25, 0.3) is 11.1 Å². The molecule has 2 aromatic rings. The Morgan fingerprint density at radius 1 is 1.03 bits per heavy atom. The van der Waals surface area contributed by atoms with Crippen LogP contribution in [-0.2, 0) is 24.8 Å². The summed E-state index contributed by atoms with van der Waals surface area (Å²) in [7, 11) is -8.10. The predicted molar refractivity (Wildman–Crippen MR) is 114 cm³/mol. The molecule has 32 heavy (non-hydrogen) atoms. The van der Waals surface area contributed by atoms with Gasteiger partial charge in [-0.15, -0.1) is 3.71 Å². The molecule has 174 valence electrons. The molecule has 0 atom stereocenters. The van der Waals surface area contributed by atoms with Gasteiger partial charge in [-0.2, -0.15) is 0 Å². The van der Waals surface area contributed by atoms with E-state index >= 15 is 0 Å². The molecular weight excluding hydrogens is 467 g/mol. The van der Waals surface area contributed by atoms with Gasteiger partial charge in [0.05, 0.1) is 30.9 Å². The SMILES string of the molecule is COC(=O)c1c(C(C)C)nc(N(S(C)(=O)=O)S(C)(=O)=O)c(C(=O)O)c1-c1ccc(F)cc1. The smallest absolute Gasteiger partial charge is 0.340 e. The molecule has 0 bridgehead atoms. The third kappa shape index (κ3) is 4.88. The number of halogens is 1. The van der Waals surface area contributed by atoms with Crippen LogP contribution < -0.4 is 3.71 Å². The van der Waals surface area contributed by atoms with Crippen molar-refractivity contribution >= 4 is 37.8 Å². The molecule has 2 rings (SSSR count). The first-order chi connectivity index (χ1) is 14.6. The molecule has 0 unspecified atom stereocenters. The number of carbonyl (C=O) groups is 2. The van der Waals surface area contributed by atoms with Crippen LogP contribution >= 0.6 is 0 Å². The quantitative estimate of drug-likeness (QED) is 0.579. The minimum Gasteiger partial charge on any atom is -0.478 e. The van der Waals surface area contributed by atoms with Gasteiger partial charge in [-0.3, -0.25) is 0 Å². The standard InChI is InChI=1S/C19H21FN2O8S2/c1-10(2)16-14(19(25)30-3)13(11-6-8-12(20)9-7-11)15(18(23)24)17(21-16)22(31(4,26)27)32(5,28)29/h6-10H,1-5H3,(H,23,24). The van der Waals surface area contributed by atoms with Crippen LogP contribution in [0.1, 0.15) is 46.2 Å². The summed E-state index contributed by atoms with van der Waals surface area (Å²) < 4.78 is 67.7. The number of rotatable bonds is 7. The monoisotopic (exact) mass is 488 g/mol. The van der Waals surface area contributed by atoms with E-state index in [4.69, 9.17) is 4.74 Å². The molecule has 13 heteroatoms. The zero-order chi connectivity index (χ0) is 24.6. The van der Waals surface area contributed by atoms with Gasteiger partial charge in [0.2, 0.25) is 20.0 Å². The van der Waals surface area contributed by atoms with Gasteiger partial charge in [0.25, 0.3) is 0 Å². The summed E-state index contributed by atoms with van der Waals surface area (Å²) in [5.41, 5.74) is -1.63. The Hall–Kier alpha value is -3.06. The molecule has 0 radical (unpaired) electrons. The van der Waals surface area contributed by atoms with Gasteiger partial charge in [-0.05, 0) is 23.6 Å². The average molecular weight is 489 g/mol. The number of anilines is 1. The topological polar surface area (TPSA) is 148 Å². The lowest BCUT2D eigenvalue weighted by atomic mass is 9.90. The molecule has 10 nitrogen and oxygen atoms in total. The molecule has 0 spiro atoms. The maximum atomic E-state index is 13.5. The second kappa shape index (κ2) is 8.82. The first-order valence-electron chi connectivity index (χ1n) is 8.97. The van der Waals surface area contributed by atoms with E-state index < -0.39 is 55.1 Å². The Labute approximate surface area is 184 Å². The molecule has 1 aromatic carbocycles. The molecule has 0 aliphatic heterocycles. The fourth-order valence-corrected chi connectivity index (χ4v) is 5.98. The molecule has 0 aliphatic carbocycles. The lowest BCUT2D eigenvalue weighted by molar-refractivity contribution is 0.0599. The van der Waals surface area contributed by atoms with Crippen molar-refractivity contribution in [2.24, 2.45) is 0 Å². The molecular formula is C19H21FN2O8S2. The van der Waals surface area contributed by atoms with Crippen LogP contribution in [0.5, 0.6) is 0 Å². The number of sulfonamides is 2. The lowest BCUT2D eigenvalue weighted by Gasteiger charge is -2.25. The van der Waals surface area contributed by atoms with Crippen LogP contribution in [0.4, 0.5) is 10.2 Å². The highest BCUT2D eigenvalue weighted by Gasteiger charge is 2.38. The number of carbonyl (C=O) groups excluding carboxylic acids is 1. The van der Waals surface area contributed by atoms with Crippen LogP contribution in [-0.4, -0.2) is 58.5 Å². The van der Waals surface area contributed by atoms with Crippen molar-refractivity contribution in [1.29, 1.82) is 0 Å². The Kier molecular flexibility index (Phi) is 6.95. The number of carboxylic acids is 1. The number of benzene rings is 1. The van der Waals surface area contributed by atoms with Crippen molar-refractivity contribution in [2.45, 2.75) is 19.8 Å². The minimum atomic E-state index is -4.58. The van der Waals surface area contributed by atoms with Gasteiger partial charge in [-0.25, -0.2) is 35.8 Å². The molecule has 0 saturated heterocycles. The van der Waals surface area contributed by atoms with Crippen LogP contribution in [0.3, 0.4) is 0 Å². The second-order valence-corrected chi connectivity index (χ2v) is 11.0. The predicted octanol–water partition coefficient (Wildman–Crippen LogP) is 2.22. The molecule has 1 N–H and O–H groups in total. The number of nitrogens with zero attached hydrogens (tertiary/aromatic N) is 2. The average Bonchev–Trinajstić information content (AvgIpc) is 2.64. The number of methoxy groups -OCH3 is 1. The van der Waals surface area contributed by atoms with Gasteiger partial charge in [0.1, 0.15) is 11.4 Å². The van der Waals surface area contributed by atoms with Gasteiger partial charge in [0.15, 0.2) is 5.82 Å². The first kappa shape index (κ1) is 25.2. The van der Waals surface area contributed by atoms with Crippen molar-refractivity contribution in [3.05, 3.63) is 46.9 Å². The zero-order valence-electron chi connectivity index (χ0n) is 17.8. The molecule has 0 saturated carbocycles. The van der Waals surface area contributed by atoms with E-state index in [1.54, 1.807) is 13.8 Å². The number of carboxylic acid groups (broad SMARTS) is 1. The zero-order valence-corrected chi connectivity index (χ0v) is 19.4. The lowest BCUT2D eigenvalue weighted by Crippen LogP contribution is -2.38. The van der Waals surface area contributed by atoms with Crippen LogP contribution in [0, 0.1) is 5.82 Å². The molecule has 0 amide bonds. The summed E-state index contributed by atoms with van der Waals surface area (Å²) in [4.78, 5) is 29.0.